The van der Waals surface area contributed by atoms with Crippen LogP contribution in [0.15, 0.2) is 47.7 Å². The van der Waals surface area contributed by atoms with Gasteiger partial charge in [-0.25, -0.2) is 24.7 Å². The third-order valence-electron chi connectivity index (χ3n) is 11.7. The van der Waals surface area contributed by atoms with Crippen molar-refractivity contribution in [3.8, 4) is 33.6 Å². The first-order valence-electron chi connectivity index (χ1n) is 20.6. The summed E-state index contributed by atoms with van der Waals surface area (Å²) in [6, 6.07) is 6.59. The zero-order chi connectivity index (χ0) is 42.2. The highest BCUT2D eigenvalue weighted by atomic mass is 32.1. The fourth-order valence-electron chi connectivity index (χ4n) is 8.52. The van der Waals surface area contributed by atoms with E-state index in [0.717, 1.165) is 85.6 Å². The van der Waals surface area contributed by atoms with E-state index in [2.05, 4.69) is 44.9 Å². The zero-order valence-corrected chi connectivity index (χ0v) is 36.2. The largest absolute Gasteiger partial charge is 0.453 e. The van der Waals surface area contributed by atoms with Gasteiger partial charge in [-0.3, -0.25) is 14.4 Å². The van der Waals surface area contributed by atoms with Gasteiger partial charge in [0.2, 0.25) is 17.7 Å². The van der Waals surface area contributed by atoms with E-state index in [1.54, 1.807) is 29.6 Å². The predicted octanol–water partition coefficient (Wildman–Crippen LogP) is 7.61. The number of hydrogen-bond donors (Lipinski definition) is 4. The van der Waals surface area contributed by atoms with Crippen molar-refractivity contribution in [1.29, 1.82) is 0 Å². The summed E-state index contributed by atoms with van der Waals surface area (Å²) in [5, 5.41) is 5.64. The van der Waals surface area contributed by atoms with E-state index in [9.17, 15) is 19.2 Å². The van der Waals surface area contributed by atoms with E-state index in [0.29, 0.717) is 25.3 Å². The van der Waals surface area contributed by atoms with Crippen LogP contribution in [0.25, 0.3) is 54.1 Å². The molecule has 15 nitrogen and oxygen atoms in total. The Morgan fingerprint density at radius 1 is 0.717 bits per heavy atom. The molecule has 2 aliphatic rings. The average molecular weight is 851 g/mol. The Hall–Kier alpha value is -5.68. The van der Waals surface area contributed by atoms with Crippen molar-refractivity contribution in [3.05, 3.63) is 59.3 Å². The Morgan fingerprint density at radius 2 is 1.20 bits per heavy atom. The van der Waals surface area contributed by atoms with Gasteiger partial charge in [-0.05, 0) is 43.6 Å². The molecule has 314 valence electrons. The van der Waals surface area contributed by atoms with E-state index in [1.807, 2.05) is 60.9 Å². The Balaban J connectivity index is 1.05. The molecule has 4 N–H and O–H groups in total. The van der Waals surface area contributed by atoms with Crippen LogP contribution in [0.3, 0.4) is 0 Å². The number of nitrogens with zero attached hydrogens (tertiary/aromatic N) is 6. The second-order valence-corrected chi connectivity index (χ2v) is 17.8. The minimum atomic E-state index is -0.710. The number of nitrogens with one attached hydrogen (secondary N) is 4. The molecule has 6 heterocycles. The lowest BCUT2D eigenvalue weighted by molar-refractivity contribution is -0.138. The number of H-pyrrole nitrogens is 2. The molecule has 2 saturated heterocycles. The van der Waals surface area contributed by atoms with E-state index >= 15 is 0 Å². The van der Waals surface area contributed by atoms with Crippen molar-refractivity contribution in [2.45, 2.75) is 90.9 Å². The fraction of sp³-hybridized carbons (Fsp3) is 0.442. The van der Waals surface area contributed by atoms with E-state index in [-0.39, 0.29) is 41.6 Å². The SMILES string of the molecule is CCC(=O)N[C@H](C(=O)N1CCC[C@H]1c1ncc(-c2ccc(-c3ccc(-c4cnc([C@@H]5CCCN5C(=O)[C@@H](NC(=O)OC)C(C)C)[nH]4)c4scnc34)c3scnc23)[nH]1)C(C)C. The number of benzene rings is 2. The molecule has 6 aromatic rings. The van der Waals surface area contributed by atoms with Crippen LogP contribution in [-0.4, -0.2) is 95.8 Å². The number of hydrogen-bond acceptors (Lipinski definition) is 11. The van der Waals surface area contributed by atoms with Crippen LogP contribution < -0.4 is 10.6 Å². The predicted molar refractivity (Wildman–Crippen MR) is 232 cm³/mol. The molecule has 4 amide bonds. The molecule has 0 aliphatic carbocycles. The Kier molecular flexibility index (Phi) is 11.7. The first-order valence-corrected chi connectivity index (χ1v) is 22.3. The summed E-state index contributed by atoms with van der Waals surface area (Å²) in [4.78, 5) is 81.8. The standard InChI is InChI=1S/C43H50N10O5S2/c1-7-32(54)50-33(22(2)3)41(55)52-16-8-10-30(52)39-44-18-28(48-39)26-14-13-25(37-36(26)47-21-59-37)24-12-15-27(38-35(24)46-20-60-38)29-19-45-40(49-29)31-11-9-17-53(31)42(56)34(23(4)5)51-43(57)58-6/h12-15,18-23,30-31,33-34H,7-11,16-17H2,1-6H3,(H,44,48)(H,45,49)(H,50,54)(H,51,57)/t30-,31-,33-,34-/m0/s1. The van der Waals surface area contributed by atoms with Crippen LogP contribution >= 0.6 is 22.7 Å². The third kappa shape index (κ3) is 7.64. The number of rotatable bonds is 12. The van der Waals surface area contributed by atoms with Gasteiger partial charge in [0.25, 0.3) is 0 Å². The van der Waals surface area contributed by atoms with Gasteiger partial charge in [0.05, 0.1) is 74.4 Å². The molecular weight excluding hydrogens is 801 g/mol. The van der Waals surface area contributed by atoms with Crippen molar-refractivity contribution >= 4 is 66.9 Å². The first kappa shape index (κ1) is 41.1. The van der Waals surface area contributed by atoms with Gasteiger partial charge in [0.15, 0.2) is 0 Å². The Morgan fingerprint density at radius 3 is 1.75 bits per heavy atom. The maximum absolute atomic E-state index is 13.8. The highest BCUT2D eigenvalue weighted by molar-refractivity contribution is 7.18. The Labute approximate surface area is 355 Å². The van der Waals surface area contributed by atoms with Crippen molar-refractivity contribution in [3.63, 3.8) is 0 Å². The maximum atomic E-state index is 13.8. The molecule has 0 saturated carbocycles. The number of imidazole rings is 2. The quantitative estimate of drug-likeness (QED) is 0.0960. The maximum Gasteiger partial charge on any atom is 0.407 e. The first-order chi connectivity index (χ1) is 29.0. The molecule has 60 heavy (non-hydrogen) atoms. The van der Waals surface area contributed by atoms with Crippen molar-refractivity contribution in [2.24, 2.45) is 11.8 Å². The van der Waals surface area contributed by atoms with Gasteiger partial charge < -0.3 is 35.1 Å². The van der Waals surface area contributed by atoms with Gasteiger partial charge in [-0.15, -0.1) is 22.7 Å². The fourth-order valence-corrected chi connectivity index (χ4v) is 10.2. The number of alkyl carbamates (subject to hydrolysis) is 1. The summed E-state index contributed by atoms with van der Waals surface area (Å²) < 4.78 is 6.82. The number of thiazole rings is 2. The number of likely N-dealkylation sites (tertiary alicyclic amines) is 2. The van der Waals surface area contributed by atoms with E-state index < -0.39 is 18.2 Å². The number of carbonyl (C=O) groups is 4. The molecule has 8 rings (SSSR count). The highest BCUT2D eigenvalue weighted by Crippen LogP contribution is 2.43. The molecule has 0 bridgehead atoms. The average Bonchev–Trinajstić information content (AvgIpc) is 4.10. The number of amides is 4. The molecular formula is C43H50N10O5S2. The minimum Gasteiger partial charge on any atom is -0.453 e. The minimum absolute atomic E-state index is 0.0487. The van der Waals surface area contributed by atoms with Crippen molar-refractivity contribution < 1.29 is 23.9 Å². The van der Waals surface area contributed by atoms with Crippen molar-refractivity contribution in [1.82, 2.24) is 50.3 Å². The van der Waals surface area contributed by atoms with Gasteiger partial charge in [0.1, 0.15) is 23.7 Å². The Bertz CT molecular complexity index is 2380. The summed E-state index contributed by atoms with van der Waals surface area (Å²) in [5.41, 5.74) is 11.0. The van der Waals surface area contributed by atoms with Crippen LogP contribution in [0.2, 0.25) is 0 Å². The summed E-state index contributed by atoms with van der Waals surface area (Å²) in [7, 11) is 1.29. The number of aromatic nitrogens is 6. The summed E-state index contributed by atoms with van der Waals surface area (Å²) in [6.45, 7) is 10.7. The van der Waals surface area contributed by atoms with Gasteiger partial charge >= 0.3 is 6.09 Å². The van der Waals surface area contributed by atoms with Crippen molar-refractivity contribution in [2.75, 3.05) is 20.2 Å². The van der Waals surface area contributed by atoms with Crippen LogP contribution in [0, 0.1) is 11.8 Å². The van der Waals surface area contributed by atoms with Gasteiger partial charge in [-0.1, -0.05) is 52.8 Å². The topological polar surface area (TPSA) is 191 Å². The number of fused-ring (bicyclic) bond motifs is 2. The smallest absolute Gasteiger partial charge is 0.407 e. The van der Waals surface area contributed by atoms with Crippen LogP contribution in [0.4, 0.5) is 4.79 Å². The molecule has 2 aromatic carbocycles. The van der Waals surface area contributed by atoms with Crippen LogP contribution in [-0.2, 0) is 19.1 Å². The number of aromatic amines is 2. The normalized spacial score (nSPS) is 17.9. The van der Waals surface area contributed by atoms with Gasteiger partial charge in [0, 0.05) is 41.8 Å². The molecule has 0 unspecified atom stereocenters. The second kappa shape index (κ2) is 17.1. The summed E-state index contributed by atoms with van der Waals surface area (Å²) in [6.07, 6.45) is 6.55. The molecule has 4 aromatic heterocycles. The number of carbonyl (C=O) groups excluding carboxylic acids is 4. The molecule has 2 fully saturated rings. The second-order valence-electron chi connectivity index (χ2n) is 16.1. The molecule has 2 aliphatic heterocycles. The summed E-state index contributed by atoms with van der Waals surface area (Å²) in [5.74, 6) is 0.883. The number of ether oxygens (including phenoxy) is 1. The lowest BCUT2D eigenvalue weighted by atomic mass is 9.99. The van der Waals surface area contributed by atoms with E-state index in [1.165, 1.54) is 7.11 Å². The monoisotopic (exact) mass is 850 g/mol. The van der Waals surface area contributed by atoms with E-state index in [4.69, 9.17) is 24.7 Å². The third-order valence-corrected chi connectivity index (χ3v) is 13.4. The molecule has 0 radical (unpaired) electrons. The molecule has 17 heteroatoms. The summed E-state index contributed by atoms with van der Waals surface area (Å²) >= 11 is 3.13. The zero-order valence-electron chi connectivity index (χ0n) is 34.6. The lowest BCUT2D eigenvalue weighted by Crippen LogP contribution is -2.51. The molecule has 0 spiro atoms. The highest BCUT2D eigenvalue weighted by Gasteiger charge is 2.39. The number of methoxy groups -OCH3 is 1. The lowest BCUT2D eigenvalue weighted by Gasteiger charge is -2.30. The molecule has 4 atom stereocenters. The van der Waals surface area contributed by atoms with Crippen LogP contribution in [0.5, 0.6) is 0 Å². The van der Waals surface area contributed by atoms with Crippen LogP contribution in [0.1, 0.15) is 90.5 Å². The van der Waals surface area contributed by atoms with Gasteiger partial charge in [-0.2, -0.15) is 0 Å².